The van der Waals surface area contributed by atoms with Crippen LogP contribution in [0.15, 0.2) is 41.3 Å². The molecule has 0 N–H and O–H groups in total. The van der Waals surface area contributed by atoms with Crippen LogP contribution in [0.3, 0.4) is 0 Å². The van der Waals surface area contributed by atoms with Crippen molar-refractivity contribution in [3.8, 4) is 11.5 Å². The predicted octanol–water partition coefficient (Wildman–Crippen LogP) is 1.84. The molecule has 8 nitrogen and oxygen atoms in total. The molecule has 0 atom stereocenters. The highest BCUT2D eigenvalue weighted by molar-refractivity contribution is 7.89. The molecule has 32 heavy (non-hydrogen) atoms. The van der Waals surface area contributed by atoms with E-state index in [1.54, 1.807) is 37.3 Å². The minimum absolute atomic E-state index is 0.164. The lowest BCUT2D eigenvalue weighted by Crippen LogP contribution is -2.47. The summed E-state index contributed by atoms with van der Waals surface area (Å²) < 4.78 is 38.5. The van der Waals surface area contributed by atoms with E-state index >= 15 is 0 Å². The van der Waals surface area contributed by atoms with Gasteiger partial charge in [0.05, 0.1) is 19.1 Å². The lowest BCUT2D eigenvalue weighted by Gasteiger charge is -2.32. The Labute approximate surface area is 189 Å². The number of hydrogen-bond acceptors (Lipinski definition) is 6. The van der Waals surface area contributed by atoms with Crippen molar-refractivity contribution in [3.63, 3.8) is 0 Å². The third kappa shape index (κ3) is 4.32. The van der Waals surface area contributed by atoms with Crippen LogP contribution in [0.2, 0.25) is 0 Å². The van der Waals surface area contributed by atoms with Crippen molar-refractivity contribution < 1.29 is 22.7 Å². The van der Waals surface area contributed by atoms with Crippen LogP contribution in [0.1, 0.15) is 21.5 Å². The first kappa shape index (κ1) is 22.6. The van der Waals surface area contributed by atoms with E-state index in [2.05, 4.69) is 4.90 Å². The summed E-state index contributed by atoms with van der Waals surface area (Å²) in [6.07, 6.45) is 0.695. The molecule has 0 saturated carbocycles. The molecule has 2 aliphatic heterocycles. The maximum Gasteiger partial charge on any atom is 0.254 e. The zero-order valence-corrected chi connectivity index (χ0v) is 19.5. The van der Waals surface area contributed by atoms with Crippen LogP contribution in [-0.4, -0.2) is 82.4 Å². The van der Waals surface area contributed by atoms with Crippen LogP contribution >= 0.6 is 0 Å². The number of methoxy groups -OCH3 is 2. The maximum atomic E-state index is 13.2. The van der Waals surface area contributed by atoms with E-state index in [9.17, 15) is 13.2 Å². The SMILES string of the molecule is COc1cc2c(cc1OC)CN(C(=O)c1cccc(S(=O)(=O)N3CCN(C)CC3)c1)CC2. The number of likely N-dealkylation sites (N-methyl/N-ethyl adjacent to an activating group) is 1. The van der Waals surface area contributed by atoms with Crippen LogP contribution < -0.4 is 9.47 Å². The maximum absolute atomic E-state index is 13.2. The van der Waals surface area contributed by atoms with E-state index in [4.69, 9.17) is 9.47 Å². The second kappa shape index (κ2) is 9.09. The van der Waals surface area contributed by atoms with Crippen molar-refractivity contribution in [2.45, 2.75) is 17.9 Å². The molecule has 2 aromatic carbocycles. The highest BCUT2D eigenvalue weighted by Gasteiger charge is 2.29. The summed E-state index contributed by atoms with van der Waals surface area (Å²) in [7, 11) is 1.53. The Bertz CT molecular complexity index is 1110. The zero-order chi connectivity index (χ0) is 22.9. The van der Waals surface area contributed by atoms with Crippen LogP contribution in [0.25, 0.3) is 0 Å². The Hall–Kier alpha value is -2.62. The fourth-order valence-electron chi connectivity index (χ4n) is 4.21. The molecule has 0 radical (unpaired) electrons. The largest absolute Gasteiger partial charge is 0.493 e. The first-order valence-electron chi connectivity index (χ1n) is 10.7. The quantitative estimate of drug-likeness (QED) is 0.679. The Kier molecular flexibility index (Phi) is 6.41. The number of sulfonamides is 1. The van der Waals surface area contributed by atoms with Gasteiger partial charge in [0.1, 0.15) is 0 Å². The van der Waals surface area contributed by atoms with Gasteiger partial charge in [-0.3, -0.25) is 4.79 Å². The van der Waals surface area contributed by atoms with Gasteiger partial charge in [-0.1, -0.05) is 6.07 Å². The summed E-state index contributed by atoms with van der Waals surface area (Å²) in [4.78, 5) is 17.3. The number of carbonyl (C=O) groups is 1. The van der Waals surface area contributed by atoms with Gasteiger partial charge in [0.15, 0.2) is 11.5 Å². The topological polar surface area (TPSA) is 79.4 Å². The number of ether oxygens (including phenoxy) is 2. The Morgan fingerprint density at radius 3 is 2.22 bits per heavy atom. The number of rotatable bonds is 5. The molecular formula is C23H29N3O5S. The van der Waals surface area contributed by atoms with E-state index in [0.29, 0.717) is 62.8 Å². The van der Waals surface area contributed by atoms with Gasteiger partial charge in [0, 0.05) is 44.8 Å². The van der Waals surface area contributed by atoms with E-state index in [0.717, 1.165) is 11.1 Å². The normalized spacial score (nSPS) is 17.7. The Morgan fingerprint density at radius 1 is 0.906 bits per heavy atom. The molecule has 0 bridgehead atoms. The van der Waals surface area contributed by atoms with Gasteiger partial charge in [0.2, 0.25) is 10.0 Å². The van der Waals surface area contributed by atoms with Crippen LogP contribution in [0.5, 0.6) is 11.5 Å². The van der Waals surface area contributed by atoms with E-state index in [-0.39, 0.29) is 10.8 Å². The Morgan fingerprint density at radius 2 is 1.56 bits per heavy atom. The molecule has 2 heterocycles. The fraction of sp³-hybridized carbons (Fsp3) is 0.435. The number of nitrogens with zero attached hydrogens (tertiary/aromatic N) is 3. The van der Waals surface area contributed by atoms with Crippen molar-refractivity contribution in [2.75, 3.05) is 54.0 Å². The third-order valence-corrected chi connectivity index (χ3v) is 8.08. The Balaban J connectivity index is 1.55. The van der Waals surface area contributed by atoms with Gasteiger partial charge in [-0.25, -0.2) is 8.42 Å². The molecule has 172 valence electrons. The average Bonchev–Trinajstić information content (AvgIpc) is 2.82. The van der Waals surface area contributed by atoms with Gasteiger partial charge in [-0.15, -0.1) is 0 Å². The lowest BCUT2D eigenvalue weighted by molar-refractivity contribution is 0.0734. The first-order chi connectivity index (χ1) is 15.3. The summed E-state index contributed by atoms with van der Waals surface area (Å²) in [5, 5.41) is 0. The fourth-order valence-corrected chi connectivity index (χ4v) is 5.67. The van der Waals surface area contributed by atoms with Gasteiger partial charge in [-0.05, 0) is 54.9 Å². The number of fused-ring (bicyclic) bond motifs is 1. The number of piperazine rings is 1. The number of amides is 1. The van der Waals surface area contributed by atoms with Crippen molar-refractivity contribution >= 4 is 15.9 Å². The minimum Gasteiger partial charge on any atom is -0.493 e. The van der Waals surface area contributed by atoms with Crippen LogP contribution in [0.4, 0.5) is 0 Å². The van der Waals surface area contributed by atoms with Crippen molar-refractivity contribution in [1.82, 2.24) is 14.1 Å². The number of carbonyl (C=O) groups excluding carboxylic acids is 1. The van der Waals surface area contributed by atoms with Crippen LogP contribution in [0, 0.1) is 0 Å². The zero-order valence-electron chi connectivity index (χ0n) is 18.7. The summed E-state index contributed by atoms with van der Waals surface area (Å²) >= 11 is 0. The number of benzene rings is 2. The van der Waals surface area contributed by atoms with Crippen molar-refractivity contribution in [1.29, 1.82) is 0 Å². The molecule has 9 heteroatoms. The molecule has 1 saturated heterocycles. The highest BCUT2D eigenvalue weighted by Crippen LogP contribution is 2.33. The predicted molar refractivity (Wildman–Crippen MR) is 121 cm³/mol. The molecule has 4 rings (SSSR count). The van der Waals surface area contributed by atoms with Gasteiger partial charge in [-0.2, -0.15) is 4.31 Å². The molecule has 0 unspecified atom stereocenters. The second-order valence-corrected chi connectivity index (χ2v) is 10.1. The molecule has 0 aliphatic carbocycles. The molecule has 0 aromatic heterocycles. The van der Waals surface area contributed by atoms with E-state index in [1.165, 1.54) is 10.4 Å². The standard InChI is InChI=1S/C23H29N3O5S/c1-24-9-11-26(12-10-24)32(28,29)20-6-4-5-18(13-20)23(27)25-8-7-17-14-21(30-2)22(31-3)15-19(17)16-25/h4-6,13-15H,7-12,16H2,1-3H3. The van der Waals surface area contributed by atoms with Crippen molar-refractivity contribution in [2.24, 2.45) is 0 Å². The summed E-state index contributed by atoms with van der Waals surface area (Å²) in [5.41, 5.74) is 2.51. The second-order valence-electron chi connectivity index (χ2n) is 8.19. The van der Waals surface area contributed by atoms with Crippen molar-refractivity contribution in [3.05, 3.63) is 53.1 Å². The summed E-state index contributed by atoms with van der Waals surface area (Å²) in [6.45, 7) is 3.27. The highest BCUT2D eigenvalue weighted by atomic mass is 32.2. The lowest BCUT2D eigenvalue weighted by atomic mass is 9.98. The third-order valence-electron chi connectivity index (χ3n) is 6.19. The van der Waals surface area contributed by atoms with Gasteiger partial charge >= 0.3 is 0 Å². The van der Waals surface area contributed by atoms with Gasteiger partial charge < -0.3 is 19.3 Å². The average molecular weight is 460 g/mol. The van der Waals surface area contributed by atoms with Crippen LogP contribution in [-0.2, 0) is 23.0 Å². The first-order valence-corrected chi connectivity index (χ1v) is 12.1. The van der Waals surface area contributed by atoms with Gasteiger partial charge in [0.25, 0.3) is 5.91 Å². The molecule has 2 aromatic rings. The van der Waals surface area contributed by atoms with E-state index < -0.39 is 10.0 Å². The number of hydrogen-bond donors (Lipinski definition) is 0. The summed E-state index contributed by atoms with van der Waals surface area (Å²) in [6, 6.07) is 10.2. The minimum atomic E-state index is -3.63. The van der Waals surface area contributed by atoms with E-state index in [1.807, 2.05) is 19.2 Å². The monoisotopic (exact) mass is 459 g/mol. The molecule has 1 amide bonds. The molecule has 1 fully saturated rings. The molecule has 2 aliphatic rings. The smallest absolute Gasteiger partial charge is 0.254 e. The summed E-state index contributed by atoms with van der Waals surface area (Å²) in [5.74, 6) is 1.12. The molecule has 0 spiro atoms. The molecular weight excluding hydrogens is 430 g/mol.